The first-order valence-corrected chi connectivity index (χ1v) is 10.0. The minimum Gasteiger partial charge on any atom is -0.322 e. The molecule has 2 heterocycles. The molecule has 1 aliphatic rings. The molecule has 3 aromatic rings. The van der Waals surface area contributed by atoms with Crippen LogP contribution in [0.2, 0.25) is 0 Å². The number of nitrogens with zero attached hydrogens (tertiary/aromatic N) is 4. The number of aryl methyl sites for hydroxylation is 1. The van der Waals surface area contributed by atoms with E-state index in [4.69, 9.17) is 0 Å². The van der Waals surface area contributed by atoms with Gasteiger partial charge >= 0.3 is 0 Å². The summed E-state index contributed by atoms with van der Waals surface area (Å²) in [5.41, 5.74) is 3.47. The molecule has 146 valence electrons. The molecule has 1 saturated heterocycles. The lowest BCUT2D eigenvalue weighted by Crippen LogP contribution is -3.13. The van der Waals surface area contributed by atoms with E-state index in [1.54, 1.807) is 12.1 Å². The Bertz CT molecular complexity index is 895. The van der Waals surface area contributed by atoms with Crippen LogP contribution in [0.3, 0.4) is 0 Å². The fourth-order valence-corrected chi connectivity index (χ4v) is 4.04. The van der Waals surface area contributed by atoms with Crippen molar-refractivity contribution in [1.82, 2.24) is 20.2 Å². The molecule has 6 heteroatoms. The van der Waals surface area contributed by atoms with Crippen molar-refractivity contribution >= 4 is 0 Å². The van der Waals surface area contributed by atoms with Crippen LogP contribution in [0.15, 0.2) is 48.5 Å². The second-order valence-corrected chi connectivity index (χ2v) is 8.01. The number of benzene rings is 2. The summed E-state index contributed by atoms with van der Waals surface area (Å²) in [5.74, 6) is 1.42. The normalized spacial score (nSPS) is 20.8. The molecule has 4 rings (SSSR count). The molecule has 5 nitrogen and oxygen atoms in total. The van der Waals surface area contributed by atoms with Gasteiger partial charge in [-0.3, -0.25) is 0 Å². The highest BCUT2D eigenvalue weighted by Gasteiger charge is 2.33. The number of tetrazole rings is 1. The molecule has 1 fully saturated rings. The summed E-state index contributed by atoms with van der Waals surface area (Å²) in [4.78, 5) is 1.51. The van der Waals surface area contributed by atoms with Crippen molar-refractivity contribution in [3.05, 3.63) is 76.9 Å². The number of rotatable bonds is 5. The van der Waals surface area contributed by atoms with Gasteiger partial charge in [-0.1, -0.05) is 48.9 Å². The third-order valence-corrected chi connectivity index (χ3v) is 5.80. The number of aromatic nitrogens is 4. The Morgan fingerprint density at radius 2 is 1.75 bits per heavy atom. The fourth-order valence-electron chi connectivity index (χ4n) is 4.04. The standard InChI is InChI=1S/C22H26FN5/c1-16-3-7-19(8-4-16)21(27-13-11-17(2)12-14-27)22-24-25-26-28(22)15-18-5-9-20(23)10-6-18/h3-10,17,21H,11-15H2,1-2H3/p+1/t21-/m1/s1. The van der Waals surface area contributed by atoms with Crippen LogP contribution in [0.1, 0.15) is 48.3 Å². The number of nitrogens with one attached hydrogen (secondary N) is 1. The van der Waals surface area contributed by atoms with Gasteiger partial charge in [0.15, 0.2) is 6.04 Å². The molecule has 28 heavy (non-hydrogen) atoms. The fraction of sp³-hybridized carbons (Fsp3) is 0.409. The van der Waals surface area contributed by atoms with Crippen LogP contribution in [-0.2, 0) is 6.54 Å². The minimum atomic E-state index is -0.231. The Kier molecular flexibility index (Phi) is 5.48. The van der Waals surface area contributed by atoms with Crippen LogP contribution >= 0.6 is 0 Å². The summed E-state index contributed by atoms with van der Waals surface area (Å²) in [7, 11) is 0. The van der Waals surface area contributed by atoms with E-state index in [9.17, 15) is 4.39 Å². The number of hydrogen-bond donors (Lipinski definition) is 1. The molecule has 0 aliphatic carbocycles. The Morgan fingerprint density at radius 1 is 1.07 bits per heavy atom. The highest BCUT2D eigenvalue weighted by Crippen LogP contribution is 2.20. The Hall–Kier alpha value is -2.60. The average Bonchev–Trinajstić information content (AvgIpc) is 3.14. The summed E-state index contributed by atoms with van der Waals surface area (Å²) >= 11 is 0. The molecule has 0 bridgehead atoms. The summed E-state index contributed by atoms with van der Waals surface area (Å²) in [5, 5.41) is 12.7. The molecule has 1 aliphatic heterocycles. The second kappa shape index (κ2) is 8.19. The van der Waals surface area contributed by atoms with Crippen molar-refractivity contribution < 1.29 is 9.29 Å². The summed E-state index contributed by atoms with van der Waals surface area (Å²) < 4.78 is 15.1. The van der Waals surface area contributed by atoms with Crippen LogP contribution in [0.5, 0.6) is 0 Å². The van der Waals surface area contributed by atoms with Crippen molar-refractivity contribution in [1.29, 1.82) is 0 Å². The number of piperidine rings is 1. The highest BCUT2D eigenvalue weighted by molar-refractivity contribution is 5.26. The van der Waals surface area contributed by atoms with Gasteiger partial charge in [0.1, 0.15) is 5.82 Å². The summed E-state index contributed by atoms with van der Waals surface area (Å²) in [6, 6.07) is 15.3. The Balaban J connectivity index is 1.67. The SMILES string of the molecule is Cc1ccc([C@H](c2nnnn2Cc2ccc(F)cc2)[NH+]2CCC(C)CC2)cc1. The first-order valence-electron chi connectivity index (χ1n) is 10.0. The molecule has 1 atom stereocenters. The van der Waals surface area contributed by atoms with Crippen molar-refractivity contribution in [3.63, 3.8) is 0 Å². The Labute approximate surface area is 165 Å². The number of halogens is 1. The van der Waals surface area contributed by atoms with Crippen molar-refractivity contribution in [2.75, 3.05) is 13.1 Å². The van der Waals surface area contributed by atoms with E-state index < -0.39 is 0 Å². The minimum absolute atomic E-state index is 0.101. The van der Waals surface area contributed by atoms with E-state index in [-0.39, 0.29) is 11.9 Å². The molecule has 1 N–H and O–H groups in total. The van der Waals surface area contributed by atoms with Gasteiger partial charge in [0.05, 0.1) is 19.6 Å². The topological polar surface area (TPSA) is 48.0 Å². The predicted octanol–water partition coefficient (Wildman–Crippen LogP) is 2.57. The molecule has 0 radical (unpaired) electrons. The summed E-state index contributed by atoms with van der Waals surface area (Å²) in [6.45, 7) is 7.20. The van der Waals surface area contributed by atoms with Crippen LogP contribution in [0.25, 0.3) is 0 Å². The van der Waals surface area contributed by atoms with E-state index >= 15 is 0 Å². The van der Waals surface area contributed by atoms with Gasteiger partial charge in [0.2, 0.25) is 5.82 Å². The maximum atomic E-state index is 13.3. The Morgan fingerprint density at radius 3 is 2.43 bits per heavy atom. The average molecular weight is 380 g/mol. The maximum Gasteiger partial charge on any atom is 0.214 e. The van der Waals surface area contributed by atoms with Crippen LogP contribution in [-0.4, -0.2) is 33.3 Å². The zero-order chi connectivity index (χ0) is 19.5. The molecule has 1 aromatic heterocycles. The number of hydrogen-bond acceptors (Lipinski definition) is 3. The van der Waals surface area contributed by atoms with Crippen molar-refractivity contribution in [3.8, 4) is 0 Å². The lowest BCUT2D eigenvalue weighted by molar-refractivity contribution is -0.932. The second-order valence-electron chi connectivity index (χ2n) is 8.01. The zero-order valence-electron chi connectivity index (χ0n) is 16.5. The van der Waals surface area contributed by atoms with Gasteiger partial charge in [-0.05, 0) is 53.8 Å². The van der Waals surface area contributed by atoms with E-state index in [2.05, 4.69) is 53.6 Å². The maximum absolute atomic E-state index is 13.3. The lowest BCUT2D eigenvalue weighted by Gasteiger charge is -2.33. The van der Waals surface area contributed by atoms with Gasteiger partial charge in [-0.25, -0.2) is 9.07 Å². The molecular formula is C22H27FN5+. The van der Waals surface area contributed by atoms with Gasteiger partial charge in [-0.15, -0.1) is 5.10 Å². The monoisotopic (exact) mass is 380 g/mol. The molecular weight excluding hydrogens is 353 g/mol. The van der Waals surface area contributed by atoms with E-state index in [1.165, 1.54) is 41.0 Å². The number of likely N-dealkylation sites (tertiary alicyclic amines) is 1. The first kappa shape index (κ1) is 18.7. The van der Waals surface area contributed by atoms with Crippen molar-refractivity contribution in [2.24, 2.45) is 5.92 Å². The highest BCUT2D eigenvalue weighted by atomic mass is 19.1. The summed E-state index contributed by atoms with van der Waals surface area (Å²) in [6.07, 6.45) is 2.44. The molecule has 0 unspecified atom stereocenters. The molecule has 2 aromatic carbocycles. The molecule has 0 amide bonds. The predicted molar refractivity (Wildman–Crippen MR) is 105 cm³/mol. The van der Waals surface area contributed by atoms with Crippen LogP contribution in [0, 0.1) is 18.7 Å². The van der Waals surface area contributed by atoms with Gasteiger partial charge in [0, 0.05) is 5.56 Å². The smallest absolute Gasteiger partial charge is 0.214 e. The van der Waals surface area contributed by atoms with Gasteiger partial charge in [0.25, 0.3) is 0 Å². The van der Waals surface area contributed by atoms with Crippen LogP contribution in [0.4, 0.5) is 4.39 Å². The first-order chi connectivity index (χ1) is 13.6. The molecule has 0 spiro atoms. The lowest BCUT2D eigenvalue weighted by atomic mass is 9.95. The van der Waals surface area contributed by atoms with Gasteiger partial charge < -0.3 is 4.90 Å². The van der Waals surface area contributed by atoms with E-state index in [0.717, 1.165) is 30.4 Å². The largest absolute Gasteiger partial charge is 0.322 e. The number of quaternary nitrogens is 1. The zero-order valence-corrected chi connectivity index (χ0v) is 16.5. The van der Waals surface area contributed by atoms with E-state index in [1.807, 2.05) is 4.68 Å². The molecule has 0 saturated carbocycles. The van der Waals surface area contributed by atoms with Gasteiger partial charge in [-0.2, -0.15) is 0 Å². The van der Waals surface area contributed by atoms with Crippen LogP contribution < -0.4 is 4.90 Å². The quantitative estimate of drug-likeness (QED) is 0.740. The third kappa shape index (κ3) is 4.12. The van der Waals surface area contributed by atoms with E-state index in [0.29, 0.717) is 6.54 Å². The van der Waals surface area contributed by atoms with Crippen molar-refractivity contribution in [2.45, 2.75) is 39.3 Å². The third-order valence-electron chi connectivity index (χ3n) is 5.80.